The Hall–Kier alpha value is -0.390. The lowest BCUT2D eigenvalue weighted by Crippen LogP contribution is -2.33. The molecule has 102 valence electrons. The Morgan fingerprint density at radius 3 is 2.94 bits per heavy atom. The quantitative estimate of drug-likeness (QED) is 0.908. The average molecular weight is 316 g/mol. The van der Waals surface area contributed by atoms with Gasteiger partial charge in [-0.1, -0.05) is 6.92 Å². The van der Waals surface area contributed by atoms with E-state index in [-0.39, 0.29) is 0 Å². The second kappa shape index (κ2) is 6.17. The van der Waals surface area contributed by atoms with E-state index in [0.717, 1.165) is 30.6 Å². The highest BCUT2D eigenvalue weighted by Crippen LogP contribution is 2.36. The Labute approximate surface area is 117 Å². The van der Waals surface area contributed by atoms with Crippen LogP contribution in [0.2, 0.25) is 0 Å². The van der Waals surface area contributed by atoms with Crippen molar-refractivity contribution >= 4 is 15.9 Å². The molecule has 1 aromatic rings. The van der Waals surface area contributed by atoms with Gasteiger partial charge in [0.2, 0.25) is 0 Å². The highest BCUT2D eigenvalue weighted by molar-refractivity contribution is 9.10. The van der Waals surface area contributed by atoms with Gasteiger partial charge in [-0.05, 0) is 42.7 Å². The van der Waals surface area contributed by atoms with Crippen LogP contribution in [-0.4, -0.2) is 29.0 Å². The van der Waals surface area contributed by atoms with Crippen molar-refractivity contribution in [2.45, 2.75) is 45.9 Å². The molecule has 0 amide bonds. The van der Waals surface area contributed by atoms with Crippen LogP contribution in [0.15, 0.2) is 10.7 Å². The summed E-state index contributed by atoms with van der Waals surface area (Å²) in [6, 6.07) is 0.310. The van der Waals surface area contributed by atoms with E-state index in [1.54, 1.807) is 0 Å². The molecule has 2 heterocycles. The maximum Gasteiger partial charge on any atom is 0.0699 e. The van der Waals surface area contributed by atoms with Gasteiger partial charge < -0.3 is 10.1 Å². The zero-order chi connectivity index (χ0) is 13.1. The second-order valence-electron chi connectivity index (χ2n) is 4.76. The van der Waals surface area contributed by atoms with Gasteiger partial charge >= 0.3 is 0 Å². The lowest BCUT2D eigenvalue weighted by molar-refractivity contribution is 0.0944. The van der Waals surface area contributed by atoms with E-state index in [9.17, 15) is 0 Å². The Morgan fingerprint density at radius 2 is 2.39 bits per heavy atom. The summed E-state index contributed by atoms with van der Waals surface area (Å²) in [6.45, 7) is 9.16. The molecule has 0 aliphatic carbocycles. The topological polar surface area (TPSA) is 39.1 Å². The zero-order valence-corrected chi connectivity index (χ0v) is 12.9. The van der Waals surface area contributed by atoms with Crippen molar-refractivity contribution in [2.24, 2.45) is 5.92 Å². The predicted octanol–water partition coefficient (Wildman–Crippen LogP) is 2.74. The molecule has 3 unspecified atom stereocenters. The van der Waals surface area contributed by atoms with E-state index in [1.807, 2.05) is 6.20 Å². The highest BCUT2D eigenvalue weighted by atomic mass is 79.9. The molecule has 0 radical (unpaired) electrons. The van der Waals surface area contributed by atoms with Gasteiger partial charge in [-0.15, -0.1) is 0 Å². The van der Waals surface area contributed by atoms with Gasteiger partial charge in [-0.3, -0.25) is 4.68 Å². The first-order chi connectivity index (χ1) is 8.69. The SMILES string of the molecule is CCNC(c1c(Br)cnn1CC)C1CCOC1C. The largest absolute Gasteiger partial charge is 0.378 e. The third kappa shape index (κ3) is 2.63. The molecule has 2 rings (SSSR count). The van der Waals surface area contributed by atoms with Crippen molar-refractivity contribution < 1.29 is 4.74 Å². The molecule has 1 aromatic heterocycles. The first-order valence-electron chi connectivity index (χ1n) is 6.75. The van der Waals surface area contributed by atoms with E-state index in [0.29, 0.717) is 18.1 Å². The molecule has 5 heteroatoms. The summed E-state index contributed by atoms with van der Waals surface area (Å²) < 4.78 is 8.88. The first kappa shape index (κ1) is 14.0. The van der Waals surface area contributed by atoms with Crippen LogP contribution in [0.5, 0.6) is 0 Å². The Bertz CT molecular complexity index is 394. The minimum Gasteiger partial charge on any atom is -0.378 e. The maximum atomic E-state index is 5.72. The van der Waals surface area contributed by atoms with Crippen LogP contribution in [0.25, 0.3) is 0 Å². The highest BCUT2D eigenvalue weighted by Gasteiger charge is 2.35. The molecule has 0 bridgehead atoms. The second-order valence-corrected chi connectivity index (χ2v) is 5.61. The Morgan fingerprint density at radius 1 is 1.61 bits per heavy atom. The van der Waals surface area contributed by atoms with Crippen LogP contribution in [0.4, 0.5) is 0 Å². The fraction of sp³-hybridized carbons (Fsp3) is 0.769. The molecule has 0 saturated carbocycles. The first-order valence-corrected chi connectivity index (χ1v) is 7.54. The number of nitrogens with zero attached hydrogens (tertiary/aromatic N) is 2. The number of hydrogen-bond donors (Lipinski definition) is 1. The third-order valence-electron chi connectivity index (χ3n) is 3.71. The van der Waals surface area contributed by atoms with Crippen LogP contribution >= 0.6 is 15.9 Å². The van der Waals surface area contributed by atoms with Crippen molar-refractivity contribution in [3.63, 3.8) is 0 Å². The summed E-state index contributed by atoms with van der Waals surface area (Å²) in [7, 11) is 0. The van der Waals surface area contributed by atoms with Gasteiger partial charge in [0.25, 0.3) is 0 Å². The summed E-state index contributed by atoms with van der Waals surface area (Å²) in [4.78, 5) is 0. The van der Waals surface area contributed by atoms with E-state index < -0.39 is 0 Å². The molecular formula is C13H22BrN3O. The summed E-state index contributed by atoms with van der Waals surface area (Å²) >= 11 is 3.63. The Kier molecular flexibility index (Phi) is 4.81. The molecule has 1 saturated heterocycles. The van der Waals surface area contributed by atoms with Crippen molar-refractivity contribution in [2.75, 3.05) is 13.2 Å². The molecule has 1 aliphatic heterocycles. The summed E-state index contributed by atoms with van der Waals surface area (Å²) in [5, 5.41) is 8.02. The van der Waals surface area contributed by atoms with Gasteiger partial charge in [0.15, 0.2) is 0 Å². The molecule has 1 fully saturated rings. The predicted molar refractivity (Wildman–Crippen MR) is 75.5 cm³/mol. The number of ether oxygens (including phenoxy) is 1. The lowest BCUT2D eigenvalue weighted by atomic mass is 9.91. The normalized spacial score (nSPS) is 25.6. The fourth-order valence-corrected chi connectivity index (χ4v) is 3.33. The van der Waals surface area contributed by atoms with Crippen LogP contribution < -0.4 is 5.32 Å². The molecule has 0 spiro atoms. The van der Waals surface area contributed by atoms with Gasteiger partial charge in [-0.25, -0.2) is 0 Å². The lowest BCUT2D eigenvalue weighted by Gasteiger charge is -2.27. The summed E-state index contributed by atoms with van der Waals surface area (Å²) in [6.07, 6.45) is 3.31. The van der Waals surface area contributed by atoms with Crippen molar-refractivity contribution in [3.05, 3.63) is 16.4 Å². The van der Waals surface area contributed by atoms with Crippen molar-refractivity contribution in [1.29, 1.82) is 0 Å². The van der Waals surface area contributed by atoms with Crippen molar-refractivity contribution in [1.82, 2.24) is 15.1 Å². The van der Waals surface area contributed by atoms with Crippen LogP contribution in [-0.2, 0) is 11.3 Å². The third-order valence-corrected chi connectivity index (χ3v) is 4.33. The number of nitrogens with one attached hydrogen (secondary N) is 1. The molecule has 0 aromatic carbocycles. The van der Waals surface area contributed by atoms with Gasteiger partial charge in [0, 0.05) is 19.1 Å². The number of rotatable bonds is 5. The van der Waals surface area contributed by atoms with Crippen LogP contribution in [0.1, 0.15) is 38.9 Å². The zero-order valence-electron chi connectivity index (χ0n) is 11.3. The monoisotopic (exact) mass is 315 g/mol. The number of aromatic nitrogens is 2. The molecule has 1 N–H and O–H groups in total. The van der Waals surface area contributed by atoms with Crippen LogP contribution in [0.3, 0.4) is 0 Å². The molecule has 4 nitrogen and oxygen atoms in total. The fourth-order valence-electron chi connectivity index (χ4n) is 2.79. The molecule has 3 atom stereocenters. The number of hydrogen-bond acceptors (Lipinski definition) is 3. The van der Waals surface area contributed by atoms with E-state index in [4.69, 9.17) is 4.74 Å². The van der Waals surface area contributed by atoms with Gasteiger partial charge in [-0.2, -0.15) is 5.10 Å². The van der Waals surface area contributed by atoms with E-state index in [1.165, 1.54) is 5.69 Å². The summed E-state index contributed by atoms with van der Waals surface area (Å²) in [5.41, 5.74) is 1.25. The average Bonchev–Trinajstić information content (AvgIpc) is 2.93. The van der Waals surface area contributed by atoms with Crippen LogP contribution in [0, 0.1) is 5.92 Å². The number of halogens is 1. The van der Waals surface area contributed by atoms with Gasteiger partial charge in [0.05, 0.1) is 28.5 Å². The minimum absolute atomic E-state index is 0.307. The van der Waals surface area contributed by atoms with Crippen molar-refractivity contribution in [3.8, 4) is 0 Å². The molecular weight excluding hydrogens is 294 g/mol. The maximum absolute atomic E-state index is 5.72. The minimum atomic E-state index is 0.307. The standard InChI is InChI=1S/C13H22BrN3O/c1-4-15-12(10-6-7-18-9(10)3)13-11(14)8-16-17(13)5-2/h8-10,12,15H,4-7H2,1-3H3. The summed E-state index contributed by atoms with van der Waals surface area (Å²) in [5.74, 6) is 0.517. The smallest absolute Gasteiger partial charge is 0.0699 e. The van der Waals surface area contributed by atoms with E-state index in [2.05, 4.69) is 51.8 Å². The van der Waals surface area contributed by atoms with E-state index >= 15 is 0 Å². The molecule has 1 aliphatic rings. The van der Waals surface area contributed by atoms with Gasteiger partial charge in [0.1, 0.15) is 0 Å². The molecule has 18 heavy (non-hydrogen) atoms. The Balaban J connectivity index is 2.31. The number of aryl methyl sites for hydroxylation is 1.